The van der Waals surface area contributed by atoms with E-state index in [1.54, 1.807) is 0 Å². The van der Waals surface area contributed by atoms with Crippen LogP contribution in [0.1, 0.15) is 0 Å². The molecule has 244 valence electrons. The Morgan fingerprint density at radius 3 is 0.706 bits per heavy atom. The van der Waals surface area contributed by atoms with Gasteiger partial charge in [-0.3, -0.25) is 0 Å². The van der Waals surface area contributed by atoms with E-state index in [0.29, 0.717) is 0 Å². The van der Waals surface area contributed by atoms with Crippen LogP contribution in [0, 0.1) is 0 Å². The third-order valence-electron chi connectivity index (χ3n) is 10.6. The molecule has 0 aliphatic heterocycles. The van der Waals surface area contributed by atoms with Crippen molar-refractivity contribution < 1.29 is 4.42 Å². The largest absolute Gasteiger partial charge is 0.456 e. The Kier molecular flexibility index (Phi) is 7.92. The highest BCUT2D eigenvalue weighted by Crippen LogP contribution is 2.29. The Balaban J connectivity index is 1.36. The maximum Gasteiger partial charge on any atom is 0.135 e. The minimum Gasteiger partial charge on any atom is -0.456 e. The van der Waals surface area contributed by atoms with E-state index >= 15 is 0 Å². The lowest BCUT2D eigenvalue weighted by Gasteiger charge is -2.47. The number of hydrogen-bond donors (Lipinski definition) is 0. The highest BCUT2D eigenvalue weighted by atomic mass is 28.3. The van der Waals surface area contributed by atoms with Crippen molar-refractivity contribution in [1.82, 2.24) is 0 Å². The first-order valence-electron chi connectivity index (χ1n) is 17.6. The molecule has 1 aromatic heterocycles. The van der Waals surface area contributed by atoms with Crippen molar-refractivity contribution in [3.05, 3.63) is 218 Å². The fourth-order valence-corrected chi connectivity index (χ4v) is 17.9. The molecule has 0 atom stereocenters. The standard InChI is InChI=1S/C48H36OSi2/c1-7-19-37(20-8-1)50(38-21-9-2-10-22-38,39-23-11-3-12-24-39)43-31-33-47-45(35-43)46-36-44(32-34-48(46)49-47)51(40-25-13-4-14-26-40,41-27-15-5-16-28-41)42-29-17-6-18-30-42/h1-36H/q-2. The van der Waals surface area contributed by atoms with Gasteiger partial charge < -0.3 is 4.42 Å². The molecule has 0 bridgehead atoms. The Morgan fingerprint density at radius 1 is 0.235 bits per heavy atom. The average molecular weight is 685 g/mol. The van der Waals surface area contributed by atoms with Gasteiger partial charge in [0.2, 0.25) is 0 Å². The van der Waals surface area contributed by atoms with Gasteiger partial charge in [-0.25, -0.2) is 0 Å². The molecule has 51 heavy (non-hydrogen) atoms. The van der Waals surface area contributed by atoms with Crippen molar-refractivity contribution in [3.63, 3.8) is 0 Å². The first-order valence-corrected chi connectivity index (χ1v) is 21.6. The smallest absolute Gasteiger partial charge is 0.135 e. The van der Waals surface area contributed by atoms with Crippen LogP contribution >= 0.6 is 0 Å². The zero-order valence-corrected chi connectivity index (χ0v) is 30.2. The van der Waals surface area contributed by atoms with E-state index in [9.17, 15) is 0 Å². The lowest BCUT2D eigenvalue weighted by atomic mass is 10.1. The predicted molar refractivity (Wildman–Crippen MR) is 221 cm³/mol. The second kappa shape index (κ2) is 13.0. The van der Waals surface area contributed by atoms with E-state index in [1.807, 2.05) is 0 Å². The summed E-state index contributed by atoms with van der Waals surface area (Å²) < 4.78 is 6.65. The molecule has 0 fully saturated rings. The van der Waals surface area contributed by atoms with Crippen LogP contribution in [0.4, 0.5) is 0 Å². The molecule has 0 saturated carbocycles. The topological polar surface area (TPSA) is 13.1 Å². The molecule has 0 amide bonds. The van der Waals surface area contributed by atoms with Gasteiger partial charge in [0.1, 0.15) is 11.2 Å². The van der Waals surface area contributed by atoms with Crippen molar-refractivity contribution in [2.24, 2.45) is 0 Å². The van der Waals surface area contributed by atoms with Crippen molar-refractivity contribution in [2.75, 3.05) is 0 Å². The van der Waals surface area contributed by atoms with Crippen LogP contribution < -0.4 is 41.5 Å². The van der Waals surface area contributed by atoms with Crippen LogP contribution in [0.15, 0.2) is 223 Å². The summed E-state index contributed by atoms with van der Waals surface area (Å²) in [6.07, 6.45) is 0. The Morgan fingerprint density at radius 2 is 0.471 bits per heavy atom. The van der Waals surface area contributed by atoms with Gasteiger partial charge in [-0.15, -0.1) is 0 Å². The maximum absolute atomic E-state index is 6.65. The first-order chi connectivity index (χ1) is 25.3. The van der Waals surface area contributed by atoms with E-state index in [1.165, 1.54) is 41.5 Å². The molecule has 8 aromatic carbocycles. The molecule has 0 radical (unpaired) electrons. The molecular formula is C48H36OSi2-2. The monoisotopic (exact) mass is 684 g/mol. The van der Waals surface area contributed by atoms with Gasteiger partial charge in [-0.05, 0) is 28.3 Å². The normalized spacial score (nSPS) is 11.9. The molecule has 0 saturated heterocycles. The summed E-state index contributed by atoms with van der Waals surface area (Å²) in [4.78, 5) is 0. The van der Waals surface area contributed by atoms with E-state index < -0.39 is 16.1 Å². The fraction of sp³-hybridized carbons (Fsp3) is 0. The van der Waals surface area contributed by atoms with Gasteiger partial charge in [0.05, 0.1) is 0 Å². The molecule has 0 unspecified atom stereocenters. The zero-order chi connectivity index (χ0) is 34.1. The summed E-state index contributed by atoms with van der Waals surface area (Å²) in [6.45, 7) is 0. The van der Waals surface area contributed by atoms with Gasteiger partial charge in [0.25, 0.3) is 0 Å². The summed E-state index contributed by atoms with van der Waals surface area (Å²) in [5, 5.41) is 13.1. The second-order valence-electron chi connectivity index (χ2n) is 13.2. The van der Waals surface area contributed by atoms with Crippen LogP contribution in [-0.4, -0.2) is 16.1 Å². The molecule has 0 aliphatic carbocycles. The van der Waals surface area contributed by atoms with Gasteiger partial charge in [-0.1, -0.05) is 206 Å². The van der Waals surface area contributed by atoms with Gasteiger partial charge in [0, 0.05) is 10.8 Å². The second-order valence-corrected chi connectivity index (χ2v) is 20.8. The molecular weight excluding hydrogens is 649 g/mol. The number of furan rings is 1. The number of hydrogen-bond acceptors (Lipinski definition) is 1. The quantitative estimate of drug-likeness (QED) is 0.135. The summed E-state index contributed by atoms with van der Waals surface area (Å²) in [5.41, 5.74) is 1.82. The number of benzene rings is 8. The number of fused-ring (bicyclic) bond motifs is 3. The molecule has 0 aliphatic rings. The minimum absolute atomic E-state index is 0.911. The molecule has 9 aromatic rings. The minimum atomic E-state index is -2.72. The van der Waals surface area contributed by atoms with Crippen molar-refractivity contribution in [1.29, 1.82) is 0 Å². The molecule has 0 spiro atoms. The molecule has 9 rings (SSSR count). The summed E-state index contributed by atoms with van der Waals surface area (Å²) in [5.74, 6) is 0. The Labute approximate surface area is 301 Å². The first kappa shape index (κ1) is 31.0. The number of rotatable bonds is 8. The van der Waals surface area contributed by atoms with Gasteiger partial charge in [-0.2, -0.15) is 41.5 Å². The highest BCUT2D eigenvalue weighted by Gasteiger charge is 2.30. The average Bonchev–Trinajstić information content (AvgIpc) is 3.59. The van der Waals surface area contributed by atoms with Crippen molar-refractivity contribution >= 4 is 79.6 Å². The summed E-state index contributed by atoms with van der Waals surface area (Å²) in [7, 11) is -5.44. The van der Waals surface area contributed by atoms with Crippen molar-refractivity contribution in [3.8, 4) is 0 Å². The highest BCUT2D eigenvalue weighted by molar-refractivity contribution is 7.20. The van der Waals surface area contributed by atoms with E-state index in [-0.39, 0.29) is 0 Å². The Hall–Kier alpha value is -6.01. The third kappa shape index (κ3) is 5.05. The molecule has 1 heterocycles. The van der Waals surface area contributed by atoms with Crippen LogP contribution in [-0.2, 0) is 0 Å². The third-order valence-corrected chi connectivity index (χ3v) is 20.1. The van der Waals surface area contributed by atoms with Crippen LogP contribution in [0.2, 0.25) is 0 Å². The lowest BCUT2D eigenvalue weighted by molar-refractivity contribution is 0.669. The maximum atomic E-state index is 6.65. The molecule has 3 heteroatoms. The fourth-order valence-electron chi connectivity index (χ4n) is 8.37. The van der Waals surface area contributed by atoms with E-state index in [2.05, 4.69) is 218 Å². The summed E-state index contributed by atoms with van der Waals surface area (Å²) >= 11 is 0. The van der Waals surface area contributed by atoms with E-state index in [0.717, 1.165) is 21.9 Å². The molecule has 1 nitrogen and oxygen atoms in total. The van der Waals surface area contributed by atoms with Crippen LogP contribution in [0.3, 0.4) is 0 Å². The predicted octanol–water partition coefficient (Wildman–Crippen LogP) is 6.34. The van der Waals surface area contributed by atoms with E-state index in [4.69, 9.17) is 4.42 Å². The van der Waals surface area contributed by atoms with Gasteiger partial charge >= 0.3 is 0 Å². The summed E-state index contributed by atoms with van der Waals surface area (Å²) in [6, 6.07) is 80.7. The van der Waals surface area contributed by atoms with Crippen molar-refractivity contribution in [2.45, 2.75) is 0 Å². The lowest BCUT2D eigenvalue weighted by Crippen LogP contribution is -2.74. The SMILES string of the molecule is c1ccc([Si-](c2ccccc2)(c2ccccc2)c2ccc3oc4ccc([Si-](c5ccccc5)(c5ccccc5)c5ccccc5)cc4c3c2)cc1. The van der Waals surface area contributed by atoms with Crippen LogP contribution in [0.5, 0.6) is 0 Å². The molecule has 0 N–H and O–H groups in total. The zero-order valence-electron chi connectivity index (χ0n) is 28.2. The van der Waals surface area contributed by atoms with Crippen LogP contribution in [0.25, 0.3) is 21.9 Å². The van der Waals surface area contributed by atoms with Gasteiger partial charge in [0.15, 0.2) is 0 Å². The Bertz CT molecular complexity index is 2180.